The number of hydrogen-bond donors (Lipinski definition) is 0. The smallest absolute Gasteiger partial charge is 0.203 e. The summed E-state index contributed by atoms with van der Waals surface area (Å²) in [6.07, 6.45) is 9.89. The van der Waals surface area contributed by atoms with Crippen molar-refractivity contribution >= 4 is 29.0 Å². The van der Waals surface area contributed by atoms with E-state index in [0.717, 1.165) is 35.5 Å². The molecule has 1 saturated heterocycles. The molecule has 0 amide bonds. The third kappa shape index (κ3) is 2.66. The maximum absolute atomic E-state index is 4.72. The number of rotatable bonds is 5. The summed E-state index contributed by atoms with van der Waals surface area (Å²) in [5, 5.41) is 9.02. The highest BCUT2D eigenvalue weighted by atomic mass is 32.2. The zero-order chi connectivity index (χ0) is 17.7. The number of nitrogens with zero attached hydrogens (tertiary/aromatic N) is 8. The Bertz CT molecular complexity index is 947. The molecule has 9 heteroatoms. The van der Waals surface area contributed by atoms with Crippen LogP contribution in [-0.2, 0) is 0 Å². The number of anilines is 2. The van der Waals surface area contributed by atoms with E-state index >= 15 is 0 Å². The van der Waals surface area contributed by atoms with Gasteiger partial charge in [0.2, 0.25) is 5.65 Å². The highest BCUT2D eigenvalue weighted by Gasteiger charge is 2.34. The van der Waals surface area contributed by atoms with Crippen molar-refractivity contribution in [1.82, 2.24) is 29.5 Å². The fourth-order valence-electron chi connectivity index (χ4n) is 3.32. The minimum absolute atomic E-state index is 0.400. The van der Waals surface area contributed by atoms with Crippen LogP contribution in [0.25, 0.3) is 5.65 Å². The van der Waals surface area contributed by atoms with Crippen LogP contribution in [-0.4, -0.2) is 62.0 Å². The molecule has 26 heavy (non-hydrogen) atoms. The zero-order valence-electron chi connectivity index (χ0n) is 14.8. The standard InChI is InChI=1S/C17H20N8S/c1-23(14-7-13(11-3-4-11)20-17(21-14)26-2)12-8-25(9-12)15-16-22-19-10-24(16)6-5-18-15/h5-7,10-12H,3-4,8-9H2,1-2H3. The summed E-state index contributed by atoms with van der Waals surface area (Å²) in [6, 6.07) is 2.56. The third-order valence-electron chi connectivity index (χ3n) is 5.16. The van der Waals surface area contributed by atoms with E-state index in [9.17, 15) is 0 Å². The lowest BCUT2D eigenvalue weighted by Gasteiger charge is -2.45. The largest absolute Gasteiger partial charge is 0.353 e. The predicted octanol–water partition coefficient (Wildman–Crippen LogP) is 1.84. The Morgan fingerprint density at radius 1 is 1.23 bits per heavy atom. The topological polar surface area (TPSA) is 75.3 Å². The van der Waals surface area contributed by atoms with E-state index in [1.165, 1.54) is 18.5 Å². The summed E-state index contributed by atoms with van der Waals surface area (Å²) in [5.41, 5.74) is 1.99. The molecule has 3 aromatic heterocycles. The van der Waals surface area contributed by atoms with Crippen molar-refractivity contribution < 1.29 is 0 Å². The Labute approximate surface area is 155 Å². The summed E-state index contributed by atoms with van der Waals surface area (Å²) < 4.78 is 1.90. The number of hydrogen-bond acceptors (Lipinski definition) is 8. The molecule has 1 aliphatic carbocycles. The SMILES string of the molecule is CSc1nc(C2CC2)cc(N(C)C2CN(c3nccn4cnnc34)C2)n1. The first-order valence-corrected chi connectivity index (χ1v) is 10.0. The molecule has 0 unspecified atom stereocenters. The van der Waals surface area contributed by atoms with Gasteiger partial charge in [-0.3, -0.25) is 4.40 Å². The lowest BCUT2D eigenvalue weighted by atomic mass is 10.1. The molecule has 0 atom stereocenters. The molecule has 5 rings (SSSR count). The number of aromatic nitrogens is 6. The van der Waals surface area contributed by atoms with Gasteiger partial charge in [-0.2, -0.15) is 0 Å². The summed E-state index contributed by atoms with van der Waals surface area (Å²) >= 11 is 1.61. The third-order valence-corrected chi connectivity index (χ3v) is 5.71. The van der Waals surface area contributed by atoms with E-state index in [2.05, 4.69) is 43.1 Å². The molecule has 1 aliphatic heterocycles. The van der Waals surface area contributed by atoms with Gasteiger partial charge in [-0.05, 0) is 19.1 Å². The lowest BCUT2D eigenvalue weighted by Crippen LogP contribution is -2.59. The first-order chi connectivity index (χ1) is 12.7. The van der Waals surface area contributed by atoms with Crippen molar-refractivity contribution in [3.05, 3.63) is 30.5 Å². The van der Waals surface area contributed by atoms with Crippen molar-refractivity contribution in [1.29, 1.82) is 0 Å². The molecular formula is C17H20N8S. The van der Waals surface area contributed by atoms with Gasteiger partial charge in [-0.25, -0.2) is 15.0 Å². The molecule has 0 radical (unpaired) electrons. The second kappa shape index (κ2) is 6.08. The fraction of sp³-hybridized carbons (Fsp3) is 0.471. The molecule has 0 spiro atoms. The lowest BCUT2D eigenvalue weighted by molar-refractivity contribution is 0.488. The van der Waals surface area contributed by atoms with Crippen LogP contribution in [0.15, 0.2) is 29.9 Å². The Morgan fingerprint density at radius 2 is 2.08 bits per heavy atom. The van der Waals surface area contributed by atoms with E-state index in [1.807, 2.05) is 16.9 Å². The van der Waals surface area contributed by atoms with Crippen LogP contribution >= 0.6 is 11.8 Å². The number of fused-ring (bicyclic) bond motifs is 1. The normalized spacial score (nSPS) is 17.5. The van der Waals surface area contributed by atoms with Gasteiger partial charge in [0.1, 0.15) is 12.1 Å². The predicted molar refractivity (Wildman–Crippen MR) is 101 cm³/mol. The maximum atomic E-state index is 4.72. The maximum Gasteiger partial charge on any atom is 0.203 e. The van der Waals surface area contributed by atoms with Crippen molar-refractivity contribution in [3.8, 4) is 0 Å². The quantitative estimate of drug-likeness (QED) is 0.499. The first kappa shape index (κ1) is 15.8. The average Bonchev–Trinajstić information content (AvgIpc) is 3.37. The molecule has 134 valence electrons. The van der Waals surface area contributed by atoms with E-state index < -0.39 is 0 Å². The van der Waals surface area contributed by atoms with Gasteiger partial charge in [-0.1, -0.05) is 11.8 Å². The minimum Gasteiger partial charge on any atom is -0.353 e. The summed E-state index contributed by atoms with van der Waals surface area (Å²) in [4.78, 5) is 18.4. The van der Waals surface area contributed by atoms with Gasteiger partial charge in [0.25, 0.3) is 0 Å². The Balaban J connectivity index is 1.34. The molecular weight excluding hydrogens is 348 g/mol. The Hall–Kier alpha value is -2.42. The van der Waals surface area contributed by atoms with Crippen molar-refractivity contribution in [2.24, 2.45) is 0 Å². The van der Waals surface area contributed by atoms with Crippen LogP contribution in [0.1, 0.15) is 24.5 Å². The minimum atomic E-state index is 0.400. The van der Waals surface area contributed by atoms with Crippen LogP contribution in [0, 0.1) is 0 Å². The molecule has 4 heterocycles. The van der Waals surface area contributed by atoms with E-state index in [-0.39, 0.29) is 0 Å². The number of thioether (sulfide) groups is 1. The Kier molecular flexibility index (Phi) is 3.70. The van der Waals surface area contributed by atoms with Gasteiger partial charge in [-0.15, -0.1) is 10.2 Å². The molecule has 0 aromatic carbocycles. The van der Waals surface area contributed by atoms with Crippen molar-refractivity contribution in [2.45, 2.75) is 30.0 Å². The van der Waals surface area contributed by atoms with Crippen LogP contribution in [0.4, 0.5) is 11.6 Å². The fourth-order valence-corrected chi connectivity index (χ4v) is 3.70. The molecule has 3 aromatic rings. The summed E-state index contributed by atoms with van der Waals surface area (Å²) in [6.45, 7) is 1.79. The van der Waals surface area contributed by atoms with E-state index in [0.29, 0.717) is 12.0 Å². The Morgan fingerprint density at radius 3 is 2.85 bits per heavy atom. The molecule has 1 saturated carbocycles. The second-order valence-electron chi connectivity index (χ2n) is 6.89. The first-order valence-electron chi connectivity index (χ1n) is 8.78. The van der Waals surface area contributed by atoms with Gasteiger partial charge >= 0.3 is 0 Å². The van der Waals surface area contributed by atoms with Crippen LogP contribution in [0.2, 0.25) is 0 Å². The highest BCUT2D eigenvalue weighted by Crippen LogP contribution is 2.40. The van der Waals surface area contributed by atoms with E-state index in [4.69, 9.17) is 4.98 Å². The van der Waals surface area contributed by atoms with Crippen molar-refractivity contribution in [3.63, 3.8) is 0 Å². The zero-order valence-corrected chi connectivity index (χ0v) is 15.6. The molecule has 0 N–H and O–H groups in total. The van der Waals surface area contributed by atoms with Crippen molar-refractivity contribution in [2.75, 3.05) is 36.2 Å². The van der Waals surface area contributed by atoms with Crippen LogP contribution < -0.4 is 9.80 Å². The second-order valence-corrected chi connectivity index (χ2v) is 7.67. The number of likely N-dealkylation sites (N-methyl/N-ethyl adjacent to an activating group) is 1. The van der Waals surface area contributed by atoms with Crippen LogP contribution in [0.5, 0.6) is 0 Å². The van der Waals surface area contributed by atoms with Crippen LogP contribution in [0.3, 0.4) is 0 Å². The average molecular weight is 368 g/mol. The molecule has 2 aliphatic rings. The van der Waals surface area contributed by atoms with Gasteiger partial charge in [0, 0.05) is 44.5 Å². The molecule has 8 nitrogen and oxygen atoms in total. The summed E-state index contributed by atoms with van der Waals surface area (Å²) in [5.74, 6) is 2.54. The molecule has 0 bridgehead atoms. The highest BCUT2D eigenvalue weighted by molar-refractivity contribution is 7.98. The summed E-state index contributed by atoms with van der Waals surface area (Å²) in [7, 11) is 2.12. The van der Waals surface area contributed by atoms with Gasteiger partial charge in [0.15, 0.2) is 11.0 Å². The van der Waals surface area contributed by atoms with Gasteiger partial charge in [0.05, 0.1) is 11.7 Å². The molecule has 2 fully saturated rings. The van der Waals surface area contributed by atoms with E-state index in [1.54, 1.807) is 24.3 Å². The monoisotopic (exact) mass is 368 g/mol. The van der Waals surface area contributed by atoms with Gasteiger partial charge < -0.3 is 9.80 Å².